The van der Waals surface area contributed by atoms with E-state index in [1.807, 2.05) is 60.8 Å². The van der Waals surface area contributed by atoms with Crippen LogP contribution < -0.4 is 25.1 Å². The molecule has 0 saturated carbocycles. The minimum Gasteiger partial charge on any atom is -0.497 e. The zero-order valence-corrected chi connectivity index (χ0v) is 32.3. The van der Waals surface area contributed by atoms with Crippen molar-refractivity contribution in [2.45, 2.75) is 63.2 Å². The number of methoxy groups -OCH3 is 2. The summed E-state index contributed by atoms with van der Waals surface area (Å²) in [6.45, 7) is 7.65. The molecule has 276 valence electrons. The molecule has 0 aliphatic carbocycles. The van der Waals surface area contributed by atoms with Crippen molar-refractivity contribution in [1.82, 2.24) is 19.6 Å². The number of benzene rings is 3. The predicted molar refractivity (Wildman–Crippen MR) is 206 cm³/mol. The quantitative estimate of drug-likeness (QED) is 0.166. The maximum absolute atomic E-state index is 15.2. The molecular weight excluding hydrogens is 710 g/mol. The van der Waals surface area contributed by atoms with Gasteiger partial charge in [0.2, 0.25) is 0 Å². The molecule has 53 heavy (non-hydrogen) atoms. The highest BCUT2D eigenvalue weighted by atomic mass is 35.5. The molecule has 5 aromatic rings. The Morgan fingerprint density at radius 3 is 2.53 bits per heavy atom. The van der Waals surface area contributed by atoms with Crippen molar-refractivity contribution >= 4 is 36.5 Å². The molecule has 7 rings (SSSR count). The number of nitrogens with zero attached hydrogens (tertiary/aromatic N) is 5. The van der Waals surface area contributed by atoms with Crippen LogP contribution in [0, 0.1) is 5.92 Å². The summed E-state index contributed by atoms with van der Waals surface area (Å²) < 4.78 is 21.3. The molecule has 2 aliphatic heterocycles. The molecule has 0 bridgehead atoms. The lowest BCUT2D eigenvalue weighted by atomic mass is 9.82. The van der Waals surface area contributed by atoms with Crippen LogP contribution in [-0.2, 0) is 34.6 Å². The third-order valence-corrected chi connectivity index (χ3v) is 15.7. The Kier molecular flexibility index (Phi) is 10.1. The first kappa shape index (κ1) is 36.6. The van der Waals surface area contributed by atoms with Crippen LogP contribution in [0.4, 0.5) is 5.69 Å². The second-order valence-corrected chi connectivity index (χ2v) is 19.5. The minimum absolute atomic E-state index is 0.00141. The summed E-state index contributed by atoms with van der Waals surface area (Å²) in [6, 6.07) is 24.9. The fraction of sp³-hybridized carbons (Fsp3) is 0.350. The number of aliphatic hydroxyl groups excluding tert-OH is 1. The molecule has 1 N–H and O–H groups in total. The van der Waals surface area contributed by atoms with E-state index in [2.05, 4.69) is 42.5 Å². The molecule has 2 aromatic heterocycles. The molecule has 3 aromatic carbocycles. The number of anilines is 1. The van der Waals surface area contributed by atoms with Crippen molar-refractivity contribution in [3.05, 3.63) is 123 Å². The lowest BCUT2D eigenvalue weighted by Gasteiger charge is -2.37. The first-order valence-electron chi connectivity index (χ1n) is 17.8. The minimum atomic E-state index is -2.37. The Bertz CT molecular complexity index is 2190. The SMILES string of the molecule is COc1ccc([Si](C)(C)[C@H]2[C@H](CCn3cc(CCO)nn3)O[C@@]3(C(=O)N(Cc4cccc(-n5cccc(OC)c5=O)c4)c4ccc(Cl)cc43)[C@@H]2C)cc1. The largest absolute Gasteiger partial charge is 0.497 e. The maximum atomic E-state index is 15.2. The normalized spacial score (nSPS) is 21.0. The van der Waals surface area contributed by atoms with Crippen molar-refractivity contribution in [2.24, 2.45) is 5.92 Å². The zero-order chi connectivity index (χ0) is 37.5. The molecule has 2 aliphatic rings. The van der Waals surface area contributed by atoms with Gasteiger partial charge < -0.3 is 24.2 Å². The number of carbonyl (C=O) groups is 1. The lowest BCUT2D eigenvalue weighted by molar-refractivity contribution is -0.146. The van der Waals surface area contributed by atoms with Crippen LogP contribution in [0.3, 0.4) is 0 Å². The number of halogens is 1. The topological polar surface area (TPSA) is 121 Å². The van der Waals surface area contributed by atoms with Gasteiger partial charge in [0.15, 0.2) is 11.4 Å². The summed E-state index contributed by atoms with van der Waals surface area (Å²) in [5.74, 6) is 0.683. The molecule has 4 atom stereocenters. The van der Waals surface area contributed by atoms with E-state index in [0.29, 0.717) is 30.1 Å². The van der Waals surface area contributed by atoms with Crippen LogP contribution in [0.2, 0.25) is 23.7 Å². The number of aliphatic hydroxyl groups is 1. The molecule has 11 nitrogen and oxygen atoms in total. The van der Waals surface area contributed by atoms with Gasteiger partial charge in [0.1, 0.15) is 5.75 Å². The van der Waals surface area contributed by atoms with E-state index in [4.69, 9.17) is 25.8 Å². The van der Waals surface area contributed by atoms with Crippen molar-refractivity contribution in [3.8, 4) is 17.2 Å². The Hall–Kier alpha value is -4.75. The molecule has 1 saturated heterocycles. The van der Waals surface area contributed by atoms with Crippen molar-refractivity contribution < 1.29 is 24.1 Å². The van der Waals surface area contributed by atoms with Gasteiger partial charge in [-0.25, -0.2) is 0 Å². The molecule has 1 spiro atoms. The Morgan fingerprint density at radius 1 is 1.00 bits per heavy atom. The van der Waals surface area contributed by atoms with Crippen LogP contribution in [0.15, 0.2) is 96.1 Å². The molecule has 4 heterocycles. The molecule has 0 radical (unpaired) electrons. The average molecular weight is 754 g/mol. The number of hydrogen-bond acceptors (Lipinski definition) is 8. The van der Waals surface area contributed by atoms with Crippen LogP contribution >= 0.6 is 11.6 Å². The fourth-order valence-electron chi connectivity index (χ4n) is 8.47. The molecule has 1 fully saturated rings. The van der Waals surface area contributed by atoms with E-state index in [0.717, 1.165) is 28.3 Å². The maximum Gasteiger partial charge on any atom is 0.297 e. The van der Waals surface area contributed by atoms with Crippen LogP contribution in [0.1, 0.15) is 30.2 Å². The Morgan fingerprint density at radius 2 is 1.79 bits per heavy atom. The number of ether oxygens (including phenoxy) is 3. The van der Waals surface area contributed by atoms with Gasteiger partial charge in [-0.3, -0.25) is 18.8 Å². The lowest BCUT2D eigenvalue weighted by Crippen LogP contribution is -2.51. The van der Waals surface area contributed by atoms with E-state index in [1.165, 1.54) is 16.9 Å². The predicted octanol–water partition coefficient (Wildman–Crippen LogP) is 5.49. The van der Waals surface area contributed by atoms with Crippen molar-refractivity contribution in [1.29, 1.82) is 0 Å². The third-order valence-electron chi connectivity index (χ3n) is 11.1. The number of amides is 1. The molecular formula is C40H44ClN5O6Si. The zero-order valence-electron chi connectivity index (χ0n) is 30.5. The second-order valence-electron chi connectivity index (χ2n) is 14.4. The number of rotatable bonds is 12. The van der Waals surface area contributed by atoms with E-state index in [9.17, 15) is 9.90 Å². The number of carbonyl (C=O) groups excluding carboxylic acids is 1. The first-order valence-corrected chi connectivity index (χ1v) is 21.3. The molecule has 0 unspecified atom stereocenters. The fourth-order valence-corrected chi connectivity index (χ4v) is 12.7. The van der Waals surface area contributed by atoms with Gasteiger partial charge in [0, 0.05) is 54.2 Å². The first-order chi connectivity index (χ1) is 25.5. The van der Waals surface area contributed by atoms with Crippen LogP contribution in [-0.4, -0.2) is 65.6 Å². The van der Waals surface area contributed by atoms with Gasteiger partial charge in [-0.05, 0) is 72.1 Å². The summed E-state index contributed by atoms with van der Waals surface area (Å²) in [5, 5.41) is 19.7. The summed E-state index contributed by atoms with van der Waals surface area (Å²) >= 11 is 6.71. The van der Waals surface area contributed by atoms with Crippen molar-refractivity contribution in [2.75, 3.05) is 25.7 Å². The second kappa shape index (κ2) is 14.6. The standard InChI is InChI=1S/C40H44ClN5O6Si/c1-26-37(53(4,5)32-14-12-31(50-2)13-15-32)35(17-20-44-25-29(18-21-47)42-43-44)52-40(26)33-23-28(41)11-16-34(33)46(39(40)49)24-27-8-6-9-30(22-27)45-19-7-10-36(51-3)38(45)48/h6-16,19,22-23,25-26,35,37,47H,17-18,20-21,24H2,1-5H3/t26-,35+,37-,40+/m1/s1. The van der Waals surface area contributed by atoms with Gasteiger partial charge in [-0.15, -0.1) is 5.10 Å². The monoisotopic (exact) mass is 753 g/mol. The van der Waals surface area contributed by atoms with Gasteiger partial charge in [0.05, 0.1) is 46.3 Å². The number of hydrogen-bond donors (Lipinski definition) is 1. The third kappa shape index (κ3) is 6.47. The van der Waals surface area contributed by atoms with E-state index >= 15 is 4.79 Å². The van der Waals surface area contributed by atoms with Crippen LogP contribution in [0.25, 0.3) is 5.69 Å². The highest BCUT2D eigenvalue weighted by Crippen LogP contribution is 2.60. The van der Waals surface area contributed by atoms with Crippen molar-refractivity contribution in [3.63, 3.8) is 0 Å². The van der Waals surface area contributed by atoms with Crippen LogP contribution in [0.5, 0.6) is 11.5 Å². The van der Waals surface area contributed by atoms with E-state index < -0.39 is 13.7 Å². The molecule has 13 heteroatoms. The smallest absolute Gasteiger partial charge is 0.297 e. The van der Waals surface area contributed by atoms with Gasteiger partial charge in [-0.2, -0.15) is 0 Å². The van der Waals surface area contributed by atoms with E-state index in [-0.39, 0.29) is 47.9 Å². The van der Waals surface area contributed by atoms with Gasteiger partial charge >= 0.3 is 0 Å². The number of pyridine rings is 1. The van der Waals surface area contributed by atoms with Gasteiger partial charge in [0.25, 0.3) is 11.5 Å². The summed E-state index contributed by atoms with van der Waals surface area (Å²) in [7, 11) is 0.764. The number of aromatic nitrogens is 4. The van der Waals surface area contributed by atoms with Gasteiger partial charge in [-0.1, -0.05) is 66.3 Å². The Labute approximate surface area is 314 Å². The number of fused-ring (bicyclic) bond motifs is 2. The van der Waals surface area contributed by atoms with E-state index in [1.54, 1.807) is 35.0 Å². The molecule has 1 amide bonds. The highest BCUT2D eigenvalue weighted by molar-refractivity contribution is 6.91. The number of aryl methyl sites for hydroxylation is 1. The summed E-state index contributed by atoms with van der Waals surface area (Å²) in [6.07, 6.45) is 4.30. The summed E-state index contributed by atoms with van der Waals surface area (Å²) in [5.41, 5.74) is 2.22. The highest BCUT2D eigenvalue weighted by Gasteiger charge is 2.66. The summed E-state index contributed by atoms with van der Waals surface area (Å²) in [4.78, 5) is 30.1. The average Bonchev–Trinajstić information content (AvgIpc) is 3.80. The Balaban J connectivity index is 1.28.